The predicted molar refractivity (Wildman–Crippen MR) is 133 cm³/mol. The highest BCUT2D eigenvalue weighted by Gasteiger charge is 2.37. The van der Waals surface area contributed by atoms with E-state index in [1.807, 2.05) is 0 Å². The zero-order valence-corrected chi connectivity index (χ0v) is 23.0. The molecule has 0 saturated heterocycles. The van der Waals surface area contributed by atoms with Gasteiger partial charge in [-0.3, -0.25) is 18.7 Å². The highest BCUT2D eigenvalue weighted by Crippen LogP contribution is 2.32. The van der Waals surface area contributed by atoms with Gasteiger partial charge >= 0.3 is 24.1 Å². The average molecular weight is 603 g/mol. The van der Waals surface area contributed by atoms with Crippen LogP contribution in [0.5, 0.6) is 0 Å². The maximum Gasteiger partial charge on any atom is 0.426 e. The Morgan fingerprint density at radius 1 is 1.05 bits per heavy atom. The fraction of sp³-hybridized carbons (Fsp3) is 0.565. The van der Waals surface area contributed by atoms with Crippen LogP contribution in [0.2, 0.25) is 0 Å². The molecule has 0 aliphatic heterocycles. The quantitative estimate of drug-likeness (QED) is 0.204. The summed E-state index contributed by atoms with van der Waals surface area (Å²) >= 11 is 0.602. The second-order valence-corrected chi connectivity index (χ2v) is 10.6. The third kappa shape index (κ3) is 7.79. The van der Waals surface area contributed by atoms with Crippen LogP contribution in [0.1, 0.15) is 44.6 Å². The summed E-state index contributed by atoms with van der Waals surface area (Å²) in [6.07, 6.45) is -10.9. The Labute approximate surface area is 227 Å². The van der Waals surface area contributed by atoms with Crippen LogP contribution in [-0.4, -0.2) is 60.8 Å². The first-order valence-corrected chi connectivity index (χ1v) is 12.5. The van der Waals surface area contributed by atoms with Gasteiger partial charge in [-0.05, 0) is 40.2 Å². The van der Waals surface area contributed by atoms with Crippen molar-refractivity contribution >= 4 is 33.6 Å². The number of aryl methyl sites for hydroxylation is 2. The molecule has 0 fully saturated rings. The lowest BCUT2D eigenvalue weighted by atomic mass is 10.1. The fourth-order valence-corrected chi connectivity index (χ4v) is 5.07. The highest BCUT2D eigenvalue weighted by molar-refractivity contribution is 7.18. The van der Waals surface area contributed by atoms with E-state index in [0.717, 1.165) is 17.3 Å². The first-order valence-electron chi connectivity index (χ1n) is 11.7. The Kier molecular flexibility index (Phi) is 9.76. The lowest BCUT2D eigenvalue weighted by Crippen LogP contribution is -2.57. The Hall–Kier alpha value is -3.50. The van der Waals surface area contributed by atoms with Gasteiger partial charge in [0.15, 0.2) is 0 Å². The normalized spacial score (nSPS) is 12.8. The molecule has 10 nitrogen and oxygen atoms in total. The van der Waals surface area contributed by atoms with Crippen LogP contribution in [0.4, 0.5) is 31.1 Å². The van der Waals surface area contributed by atoms with Crippen molar-refractivity contribution in [3.05, 3.63) is 43.6 Å². The second-order valence-electron chi connectivity index (χ2n) is 9.56. The number of aromatic nitrogens is 2. The number of alkyl halides is 6. The van der Waals surface area contributed by atoms with Crippen molar-refractivity contribution in [2.45, 2.75) is 78.6 Å². The van der Waals surface area contributed by atoms with E-state index in [1.165, 1.54) is 27.7 Å². The molecule has 0 saturated carbocycles. The monoisotopic (exact) mass is 602 g/mol. The van der Waals surface area contributed by atoms with Gasteiger partial charge in [0.2, 0.25) is 0 Å². The third-order valence-electron chi connectivity index (χ3n) is 5.43. The zero-order valence-electron chi connectivity index (χ0n) is 22.1. The van der Waals surface area contributed by atoms with Crippen LogP contribution in [0, 0.1) is 6.92 Å². The molecule has 0 bridgehead atoms. The number of hydrazine groups is 1. The molecule has 0 radical (unpaired) electrons. The summed E-state index contributed by atoms with van der Waals surface area (Å²) in [6, 6.07) is 0. The van der Waals surface area contributed by atoms with Gasteiger partial charge in [0, 0.05) is 17.5 Å². The molecule has 0 aromatic carbocycles. The van der Waals surface area contributed by atoms with Gasteiger partial charge in [-0.2, -0.15) is 26.3 Å². The van der Waals surface area contributed by atoms with Crippen molar-refractivity contribution < 1.29 is 45.8 Å². The number of hydrogen-bond donors (Lipinski definition) is 1. The number of hydrogen-bond acceptors (Lipinski definition) is 6. The predicted octanol–water partition coefficient (Wildman–Crippen LogP) is 4.62. The van der Waals surface area contributed by atoms with E-state index in [2.05, 4.69) is 0 Å². The molecule has 0 atom stereocenters. The SMILES string of the molecule is CCOC=CC(=O)N(Cc1sc2c(c1C)c(=O)n(CC(F)(F)F)c(=O)n2CCC(F)(F)F)N(C(=O)O)C(C)(C)C. The number of rotatable bonds is 8. The van der Waals surface area contributed by atoms with Gasteiger partial charge in [0.05, 0.1) is 36.8 Å². The number of halogens is 6. The summed E-state index contributed by atoms with van der Waals surface area (Å²) < 4.78 is 83.7. The first kappa shape index (κ1) is 32.7. The number of nitrogens with zero attached hydrogens (tertiary/aromatic N) is 4. The van der Waals surface area contributed by atoms with E-state index in [9.17, 15) is 50.6 Å². The van der Waals surface area contributed by atoms with E-state index in [-0.39, 0.29) is 26.4 Å². The van der Waals surface area contributed by atoms with Crippen molar-refractivity contribution in [1.29, 1.82) is 0 Å². The number of carboxylic acid groups (broad SMARTS) is 1. The standard InChI is InChI=1S/C23H28F6N4O6S/c1-6-39-10-7-15(34)32(33(20(37)38)21(3,4)5)11-14-13(2)16-17(35)31(12-23(27,28)29)19(36)30(18(16)40-14)9-8-22(24,25)26/h7,10H,6,8-9,11-12H2,1-5H3,(H,37,38). The first-order chi connectivity index (χ1) is 18.2. The molecule has 224 valence electrons. The molecule has 2 aromatic rings. The fourth-order valence-electron chi connectivity index (χ4n) is 3.77. The summed E-state index contributed by atoms with van der Waals surface area (Å²) in [7, 11) is 0. The van der Waals surface area contributed by atoms with Crippen molar-refractivity contribution in [2.75, 3.05) is 6.61 Å². The lowest BCUT2D eigenvalue weighted by molar-refractivity contribution is -0.149. The highest BCUT2D eigenvalue weighted by atomic mass is 32.1. The number of ether oxygens (including phenoxy) is 1. The lowest BCUT2D eigenvalue weighted by Gasteiger charge is -2.40. The number of thiophene rings is 1. The molecular formula is C23H28F6N4O6S. The van der Waals surface area contributed by atoms with Crippen molar-refractivity contribution in [2.24, 2.45) is 0 Å². The molecule has 17 heteroatoms. The Morgan fingerprint density at radius 2 is 1.65 bits per heavy atom. The summed E-state index contributed by atoms with van der Waals surface area (Å²) in [4.78, 5) is 50.8. The molecule has 2 rings (SSSR count). The Morgan fingerprint density at radius 3 is 2.12 bits per heavy atom. The number of carbonyl (C=O) groups is 2. The van der Waals surface area contributed by atoms with E-state index >= 15 is 0 Å². The minimum absolute atomic E-state index is 0.0208. The van der Waals surface area contributed by atoms with Crippen LogP contribution in [0.15, 0.2) is 21.9 Å². The van der Waals surface area contributed by atoms with Crippen LogP contribution in [-0.2, 0) is 29.2 Å². The average Bonchev–Trinajstić information content (AvgIpc) is 3.09. The second kappa shape index (κ2) is 11.9. The van der Waals surface area contributed by atoms with Crippen LogP contribution < -0.4 is 11.2 Å². The molecule has 2 aromatic heterocycles. The summed E-state index contributed by atoms with van der Waals surface area (Å²) in [5.74, 6) is -0.883. The molecule has 2 amide bonds. The summed E-state index contributed by atoms with van der Waals surface area (Å²) in [6.45, 7) is 3.92. The molecule has 0 unspecified atom stereocenters. The van der Waals surface area contributed by atoms with Gasteiger partial charge in [-0.15, -0.1) is 11.3 Å². The Bertz CT molecular complexity index is 1400. The zero-order chi connectivity index (χ0) is 30.8. The number of fused-ring (bicyclic) bond motifs is 1. The van der Waals surface area contributed by atoms with Crippen molar-refractivity contribution in [3.8, 4) is 0 Å². The molecule has 0 aliphatic carbocycles. The van der Waals surface area contributed by atoms with Crippen molar-refractivity contribution in [3.63, 3.8) is 0 Å². The Balaban J connectivity index is 2.83. The maximum atomic E-state index is 13.2. The van der Waals surface area contributed by atoms with E-state index in [1.54, 1.807) is 6.92 Å². The largest absolute Gasteiger partial charge is 0.501 e. The maximum absolute atomic E-state index is 13.2. The van der Waals surface area contributed by atoms with E-state index in [4.69, 9.17) is 4.74 Å². The van der Waals surface area contributed by atoms with Crippen LogP contribution in [0.3, 0.4) is 0 Å². The molecule has 40 heavy (non-hydrogen) atoms. The number of amides is 2. The molecule has 0 spiro atoms. The van der Waals surface area contributed by atoms with Gasteiger partial charge in [-0.1, -0.05) is 0 Å². The smallest absolute Gasteiger partial charge is 0.426 e. The third-order valence-corrected chi connectivity index (χ3v) is 6.73. The summed E-state index contributed by atoms with van der Waals surface area (Å²) in [5.41, 5.74) is -4.17. The van der Waals surface area contributed by atoms with Gasteiger partial charge in [0.25, 0.3) is 11.5 Å². The van der Waals surface area contributed by atoms with E-state index in [0.29, 0.717) is 20.9 Å². The molecule has 0 aliphatic rings. The van der Waals surface area contributed by atoms with Gasteiger partial charge in [-0.25, -0.2) is 19.6 Å². The van der Waals surface area contributed by atoms with Crippen LogP contribution >= 0.6 is 11.3 Å². The number of carbonyl (C=O) groups excluding carboxylic acids is 1. The topological polar surface area (TPSA) is 114 Å². The molecule has 2 heterocycles. The van der Waals surface area contributed by atoms with E-state index < -0.39 is 72.6 Å². The minimum atomic E-state index is -5.03. The van der Waals surface area contributed by atoms with Crippen LogP contribution in [0.25, 0.3) is 10.2 Å². The molecular weight excluding hydrogens is 574 g/mol. The van der Waals surface area contributed by atoms with Gasteiger partial charge < -0.3 is 9.84 Å². The summed E-state index contributed by atoms with van der Waals surface area (Å²) in [5, 5.41) is 10.9. The minimum Gasteiger partial charge on any atom is -0.501 e. The van der Waals surface area contributed by atoms with Crippen molar-refractivity contribution in [1.82, 2.24) is 19.2 Å². The molecule has 1 N–H and O–H groups in total. The van der Waals surface area contributed by atoms with Gasteiger partial charge in [0.1, 0.15) is 11.4 Å².